The zero-order valence-corrected chi connectivity index (χ0v) is 20.5. The SMILES string of the molecule is COc1cccc([C@@H]2C(C(=O)OC3CCCCC3)=C(C)NC3=C2C(=O)C[C@H](c2ccccc2)C3)c1. The lowest BCUT2D eigenvalue weighted by Crippen LogP contribution is -2.37. The van der Waals surface area contributed by atoms with Crippen molar-refractivity contribution in [1.82, 2.24) is 5.32 Å². The average molecular weight is 472 g/mol. The van der Waals surface area contributed by atoms with Crippen molar-refractivity contribution in [2.75, 3.05) is 7.11 Å². The number of Topliss-reactive ketones (excluding diaryl/α,β-unsaturated/α-hetero) is 1. The topological polar surface area (TPSA) is 64.6 Å². The molecular formula is C30H33NO4. The largest absolute Gasteiger partial charge is 0.497 e. The van der Waals surface area contributed by atoms with Crippen molar-refractivity contribution in [1.29, 1.82) is 0 Å². The van der Waals surface area contributed by atoms with E-state index in [1.165, 1.54) is 6.42 Å². The Morgan fingerprint density at radius 2 is 1.69 bits per heavy atom. The highest BCUT2D eigenvalue weighted by Crippen LogP contribution is 2.46. The minimum atomic E-state index is -0.471. The summed E-state index contributed by atoms with van der Waals surface area (Å²) < 4.78 is 11.5. The van der Waals surface area contributed by atoms with E-state index >= 15 is 0 Å². The fourth-order valence-corrected chi connectivity index (χ4v) is 5.82. The molecule has 2 atom stereocenters. The van der Waals surface area contributed by atoms with Gasteiger partial charge in [0.05, 0.1) is 12.7 Å². The maximum Gasteiger partial charge on any atom is 0.337 e. The summed E-state index contributed by atoms with van der Waals surface area (Å²) in [6, 6.07) is 17.9. The predicted octanol–water partition coefficient (Wildman–Crippen LogP) is 5.93. The summed E-state index contributed by atoms with van der Waals surface area (Å²) in [5.41, 5.74) is 4.94. The Kier molecular flexibility index (Phi) is 6.76. The summed E-state index contributed by atoms with van der Waals surface area (Å²) in [6.07, 6.45) is 6.27. The molecule has 0 amide bonds. The lowest BCUT2D eigenvalue weighted by molar-refractivity contribution is -0.146. The summed E-state index contributed by atoms with van der Waals surface area (Å²) in [6.45, 7) is 1.92. The van der Waals surface area contributed by atoms with Gasteiger partial charge in [0.1, 0.15) is 11.9 Å². The fourth-order valence-electron chi connectivity index (χ4n) is 5.82. The van der Waals surface area contributed by atoms with Crippen LogP contribution in [0.4, 0.5) is 0 Å². The zero-order chi connectivity index (χ0) is 24.4. The van der Waals surface area contributed by atoms with Gasteiger partial charge in [-0.15, -0.1) is 0 Å². The van der Waals surface area contributed by atoms with Gasteiger partial charge in [-0.25, -0.2) is 4.79 Å². The van der Waals surface area contributed by atoms with Crippen LogP contribution in [0, 0.1) is 0 Å². The minimum Gasteiger partial charge on any atom is -0.497 e. The first-order valence-corrected chi connectivity index (χ1v) is 12.7. The van der Waals surface area contributed by atoms with Crippen molar-refractivity contribution in [3.63, 3.8) is 0 Å². The molecule has 0 spiro atoms. The van der Waals surface area contributed by atoms with Crippen LogP contribution in [-0.4, -0.2) is 25.0 Å². The number of hydrogen-bond donors (Lipinski definition) is 1. The summed E-state index contributed by atoms with van der Waals surface area (Å²) in [4.78, 5) is 27.3. The molecule has 0 bridgehead atoms. The molecule has 1 aliphatic heterocycles. The van der Waals surface area contributed by atoms with Crippen molar-refractivity contribution in [2.45, 2.75) is 69.8 Å². The molecule has 182 valence electrons. The maximum atomic E-state index is 13.7. The molecule has 0 saturated heterocycles. The Labute approximate surface area is 207 Å². The third kappa shape index (κ3) is 4.77. The average Bonchev–Trinajstić information content (AvgIpc) is 2.88. The molecule has 1 fully saturated rings. The first-order valence-electron chi connectivity index (χ1n) is 12.7. The van der Waals surface area contributed by atoms with E-state index in [1.807, 2.05) is 49.4 Å². The van der Waals surface area contributed by atoms with Gasteiger partial charge >= 0.3 is 5.97 Å². The minimum absolute atomic E-state index is 0.0533. The number of carbonyl (C=O) groups is 2. The van der Waals surface area contributed by atoms with Crippen LogP contribution in [-0.2, 0) is 14.3 Å². The highest BCUT2D eigenvalue weighted by molar-refractivity contribution is 6.04. The highest BCUT2D eigenvalue weighted by Gasteiger charge is 2.42. The molecule has 0 aromatic heterocycles. The predicted molar refractivity (Wildman–Crippen MR) is 135 cm³/mol. The second kappa shape index (κ2) is 10.1. The second-order valence-corrected chi connectivity index (χ2v) is 9.87. The Hall–Kier alpha value is -3.34. The van der Waals surface area contributed by atoms with E-state index in [0.717, 1.165) is 54.6 Å². The Bertz CT molecular complexity index is 1170. The summed E-state index contributed by atoms with van der Waals surface area (Å²) in [7, 11) is 1.63. The smallest absolute Gasteiger partial charge is 0.337 e. The molecule has 5 nitrogen and oxygen atoms in total. The van der Waals surface area contributed by atoms with Crippen molar-refractivity contribution in [3.05, 3.63) is 88.3 Å². The number of dihydropyridines is 1. The van der Waals surface area contributed by atoms with Crippen LogP contribution >= 0.6 is 0 Å². The van der Waals surface area contributed by atoms with Gasteiger partial charge in [0, 0.05) is 29.3 Å². The van der Waals surface area contributed by atoms with Crippen molar-refractivity contribution < 1.29 is 19.1 Å². The van der Waals surface area contributed by atoms with Gasteiger partial charge in [-0.05, 0) is 68.2 Å². The Morgan fingerprint density at radius 3 is 2.43 bits per heavy atom. The molecule has 1 N–H and O–H groups in total. The van der Waals surface area contributed by atoms with Gasteiger partial charge in [0.2, 0.25) is 0 Å². The van der Waals surface area contributed by atoms with Crippen molar-refractivity contribution >= 4 is 11.8 Å². The molecule has 3 aliphatic rings. The quantitative estimate of drug-likeness (QED) is 0.548. The zero-order valence-electron chi connectivity index (χ0n) is 20.5. The van der Waals surface area contributed by atoms with E-state index in [0.29, 0.717) is 23.3 Å². The highest BCUT2D eigenvalue weighted by atomic mass is 16.5. The monoisotopic (exact) mass is 471 g/mol. The van der Waals surface area contributed by atoms with E-state index in [-0.39, 0.29) is 23.8 Å². The van der Waals surface area contributed by atoms with Gasteiger partial charge in [-0.1, -0.05) is 48.9 Å². The number of hydrogen-bond acceptors (Lipinski definition) is 5. The van der Waals surface area contributed by atoms with Crippen molar-refractivity contribution in [2.24, 2.45) is 0 Å². The molecule has 1 saturated carbocycles. The number of rotatable bonds is 5. The lowest BCUT2D eigenvalue weighted by Gasteiger charge is -2.37. The van der Waals surface area contributed by atoms with Gasteiger partial charge in [0.15, 0.2) is 5.78 Å². The first-order chi connectivity index (χ1) is 17.0. The number of allylic oxidation sites excluding steroid dienone is 3. The molecule has 2 aromatic rings. The van der Waals surface area contributed by atoms with Crippen LogP contribution in [0.25, 0.3) is 0 Å². The number of ketones is 1. The number of esters is 1. The van der Waals surface area contributed by atoms with Gasteiger partial charge < -0.3 is 14.8 Å². The Balaban J connectivity index is 1.54. The van der Waals surface area contributed by atoms with E-state index in [1.54, 1.807) is 7.11 Å². The number of methoxy groups -OCH3 is 1. The van der Waals surface area contributed by atoms with E-state index < -0.39 is 5.92 Å². The van der Waals surface area contributed by atoms with Crippen LogP contribution in [0.5, 0.6) is 5.75 Å². The summed E-state index contributed by atoms with van der Waals surface area (Å²) in [5.74, 6) is 0.104. The Morgan fingerprint density at radius 1 is 0.943 bits per heavy atom. The number of benzene rings is 2. The van der Waals surface area contributed by atoms with Gasteiger partial charge in [0.25, 0.3) is 0 Å². The molecule has 5 heteroatoms. The molecular weight excluding hydrogens is 438 g/mol. The molecule has 5 rings (SSSR count). The molecule has 35 heavy (non-hydrogen) atoms. The van der Waals surface area contributed by atoms with Crippen LogP contribution in [0.1, 0.15) is 74.8 Å². The van der Waals surface area contributed by atoms with E-state index in [9.17, 15) is 9.59 Å². The third-order valence-corrected chi connectivity index (χ3v) is 7.57. The molecule has 0 radical (unpaired) electrons. The van der Waals surface area contributed by atoms with E-state index in [2.05, 4.69) is 17.4 Å². The lowest BCUT2D eigenvalue weighted by atomic mass is 9.71. The van der Waals surface area contributed by atoms with Crippen LogP contribution < -0.4 is 10.1 Å². The molecule has 0 unspecified atom stereocenters. The van der Waals surface area contributed by atoms with Crippen LogP contribution in [0.2, 0.25) is 0 Å². The van der Waals surface area contributed by atoms with E-state index in [4.69, 9.17) is 9.47 Å². The summed E-state index contributed by atoms with van der Waals surface area (Å²) in [5, 5.41) is 3.45. The van der Waals surface area contributed by atoms with Crippen LogP contribution in [0.15, 0.2) is 77.1 Å². The standard InChI is InChI=1S/C30H33NO4/c1-19-27(30(33)35-23-13-7-4-8-14-23)28(21-12-9-15-24(16-21)34-2)29-25(31-19)17-22(18-26(29)32)20-10-5-3-6-11-20/h3,5-6,9-12,15-16,22-23,28,31H,4,7-8,13-14,17-18H2,1-2H3/t22-,28-/m1/s1. The first kappa shape index (κ1) is 23.4. The van der Waals surface area contributed by atoms with Crippen molar-refractivity contribution in [3.8, 4) is 5.75 Å². The number of carbonyl (C=O) groups excluding carboxylic acids is 2. The molecule has 1 heterocycles. The number of nitrogens with one attached hydrogen (secondary N) is 1. The van der Waals surface area contributed by atoms with Gasteiger partial charge in [-0.2, -0.15) is 0 Å². The normalized spacial score (nSPS) is 23.0. The molecule has 2 aromatic carbocycles. The van der Waals surface area contributed by atoms with Gasteiger partial charge in [-0.3, -0.25) is 4.79 Å². The fraction of sp³-hybridized carbons (Fsp3) is 0.400. The summed E-state index contributed by atoms with van der Waals surface area (Å²) >= 11 is 0. The number of ether oxygens (including phenoxy) is 2. The third-order valence-electron chi connectivity index (χ3n) is 7.57. The van der Waals surface area contributed by atoms with Crippen LogP contribution in [0.3, 0.4) is 0 Å². The second-order valence-electron chi connectivity index (χ2n) is 9.87. The molecule has 2 aliphatic carbocycles. The maximum absolute atomic E-state index is 13.7.